The molecule has 3 amide bonds. The smallest absolute Gasteiger partial charge is 0.246 e. The highest BCUT2D eigenvalue weighted by Gasteiger charge is 2.39. The number of aryl methyl sites for hydroxylation is 1. The van der Waals surface area contributed by atoms with Gasteiger partial charge in [-0.15, -0.1) is 0 Å². The van der Waals surface area contributed by atoms with Crippen molar-refractivity contribution in [3.63, 3.8) is 0 Å². The predicted molar refractivity (Wildman–Crippen MR) is 144 cm³/mol. The van der Waals surface area contributed by atoms with E-state index in [2.05, 4.69) is 23.6 Å². The second kappa shape index (κ2) is 13.6. The van der Waals surface area contributed by atoms with Gasteiger partial charge in [0.15, 0.2) is 0 Å². The number of benzene rings is 2. The standard InChI is InChI=1S/C29H38F2N4O4/c1-5-19-7-6-8-20(9-19)14-32-15-25(36)24(12-21-10-22(30)13-23(31)11-21)33-26(37)16-35-17-27(38)34(4)28(18(2)3)29(35)39/h6-11,13,18,24-25,28,32,36H,5,12,14-17H2,1-4H3,(H,33,37). The average molecular weight is 545 g/mol. The normalized spacial score (nSPS) is 17.5. The second-order valence-corrected chi connectivity index (χ2v) is 10.4. The van der Waals surface area contributed by atoms with Crippen LogP contribution in [0.5, 0.6) is 0 Å². The van der Waals surface area contributed by atoms with Gasteiger partial charge in [0.2, 0.25) is 17.7 Å². The summed E-state index contributed by atoms with van der Waals surface area (Å²) < 4.78 is 27.7. The third-order valence-corrected chi connectivity index (χ3v) is 6.94. The van der Waals surface area contributed by atoms with E-state index in [4.69, 9.17) is 0 Å². The molecule has 39 heavy (non-hydrogen) atoms. The Labute approximate surface area is 228 Å². The molecule has 0 radical (unpaired) electrons. The molecule has 1 aliphatic heterocycles. The molecule has 0 spiro atoms. The summed E-state index contributed by atoms with van der Waals surface area (Å²) in [6, 6.07) is 9.48. The minimum atomic E-state index is -1.11. The number of hydrogen-bond acceptors (Lipinski definition) is 5. The Bertz CT molecular complexity index is 1160. The van der Waals surface area contributed by atoms with Crippen LogP contribution in [0.3, 0.4) is 0 Å². The van der Waals surface area contributed by atoms with E-state index >= 15 is 0 Å². The summed E-state index contributed by atoms with van der Waals surface area (Å²) >= 11 is 0. The molecule has 1 saturated heterocycles. The van der Waals surface area contributed by atoms with Crippen molar-refractivity contribution in [2.75, 3.05) is 26.7 Å². The Balaban J connectivity index is 1.70. The third-order valence-electron chi connectivity index (χ3n) is 6.94. The highest BCUT2D eigenvalue weighted by molar-refractivity contribution is 5.97. The molecule has 1 fully saturated rings. The van der Waals surface area contributed by atoms with Gasteiger partial charge in [-0.2, -0.15) is 0 Å². The molecule has 2 aromatic carbocycles. The van der Waals surface area contributed by atoms with Crippen LogP contribution in [0.15, 0.2) is 42.5 Å². The SMILES string of the molecule is CCc1cccc(CNCC(O)C(Cc2cc(F)cc(F)c2)NC(=O)CN2CC(=O)N(C)C(C(C)C)C2=O)c1. The summed E-state index contributed by atoms with van der Waals surface area (Å²) in [6.45, 7) is 5.69. The summed E-state index contributed by atoms with van der Waals surface area (Å²) in [7, 11) is 1.57. The number of carbonyl (C=O) groups excluding carboxylic acids is 3. The molecule has 3 N–H and O–H groups in total. The van der Waals surface area contributed by atoms with Gasteiger partial charge in [-0.05, 0) is 47.6 Å². The first-order valence-corrected chi connectivity index (χ1v) is 13.2. The molecular formula is C29H38F2N4O4. The van der Waals surface area contributed by atoms with Gasteiger partial charge < -0.3 is 25.5 Å². The van der Waals surface area contributed by atoms with E-state index in [0.29, 0.717) is 6.54 Å². The van der Waals surface area contributed by atoms with Gasteiger partial charge in [-0.1, -0.05) is 45.0 Å². The molecule has 2 aromatic rings. The Morgan fingerprint density at radius 3 is 2.38 bits per heavy atom. The topological polar surface area (TPSA) is 102 Å². The fourth-order valence-corrected chi connectivity index (χ4v) is 4.88. The van der Waals surface area contributed by atoms with Crippen molar-refractivity contribution in [3.05, 3.63) is 70.8 Å². The zero-order valence-electron chi connectivity index (χ0n) is 22.9. The largest absolute Gasteiger partial charge is 0.390 e. The van der Waals surface area contributed by atoms with Crippen molar-refractivity contribution >= 4 is 17.7 Å². The number of piperazine rings is 1. The molecule has 1 heterocycles. The fraction of sp³-hybridized carbons (Fsp3) is 0.483. The maximum Gasteiger partial charge on any atom is 0.246 e. The Hall–Kier alpha value is -3.37. The first-order chi connectivity index (χ1) is 18.5. The predicted octanol–water partition coefficient (Wildman–Crippen LogP) is 2.03. The summed E-state index contributed by atoms with van der Waals surface area (Å²) in [5.41, 5.74) is 2.48. The number of aliphatic hydroxyl groups is 1. The van der Waals surface area contributed by atoms with Crippen LogP contribution in [-0.2, 0) is 33.8 Å². The Morgan fingerprint density at radius 1 is 1.08 bits per heavy atom. The van der Waals surface area contributed by atoms with Crippen molar-refractivity contribution in [2.45, 2.75) is 58.3 Å². The van der Waals surface area contributed by atoms with E-state index in [1.54, 1.807) is 7.05 Å². The number of halogens is 2. The Morgan fingerprint density at radius 2 is 1.74 bits per heavy atom. The number of nitrogens with one attached hydrogen (secondary N) is 2. The number of likely N-dealkylation sites (N-methyl/N-ethyl adjacent to an activating group) is 1. The molecule has 8 nitrogen and oxygen atoms in total. The minimum absolute atomic E-state index is 0.0428. The lowest BCUT2D eigenvalue weighted by Gasteiger charge is -2.40. The number of rotatable bonds is 12. The van der Waals surface area contributed by atoms with Crippen molar-refractivity contribution in [1.82, 2.24) is 20.4 Å². The van der Waals surface area contributed by atoms with Crippen molar-refractivity contribution in [3.8, 4) is 0 Å². The quantitative estimate of drug-likeness (QED) is 0.380. The summed E-state index contributed by atoms with van der Waals surface area (Å²) in [5, 5.41) is 16.9. The lowest BCUT2D eigenvalue weighted by molar-refractivity contribution is -0.157. The Kier molecular flexibility index (Phi) is 10.5. The van der Waals surface area contributed by atoms with E-state index < -0.39 is 35.7 Å². The maximum atomic E-state index is 13.8. The van der Waals surface area contributed by atoms with Crippen LogP contribution in [0.25, 0.3) is 0 Å². The molecule has 0 saturated carbocycles. The highest BCUT2D eigenvalue weighted by Crippen LogP contribution is 2.18. The first-order valence-electron chi connectivity index (χ1n) is 13.2. The average Bonchev–Trinajstić information content (AvgIpc) is 2.86. The van der Waals surface area contributed by atoms with Crippen LogP contribution < -0.4 is 10.6 Å². The number of nitrogens with zero attached hydrogens (tertiary/aromatic N) is 2. The lowest BCUT2D eigenvalue weighted by atomic mass is 9.98. The van der Waals surface area contributed by atoms with Gasteiger partial charge in [-0.3, -0.25) is 14.4 Å². The molecular weight excluding hydrogens is 506 g/mol. The number of carbonyl (C=O) groups is 3. The fourth-order valence-electron chi connectivity index (χ4n) is 4.88. The van der Waals surface area contributed by atoms with E-state index in [0.717, 1.165) is 30.2 Å². The van der Waals surface area contributed by atoms with E-state index in [1.165, 1.54) is 15.4 Å². The van der Waals surface area contributed by atoms with Gasteiger partial charge in [-0.25, -0.2) is 8.78 Å². The van der Waals surface area contributed by atoms with Gasteiger partial charge in [0.05, 0.1) is 12.1 Å². The molecule has 3 rings (SSSR count). The van der Waals surface area contributed by atoms with E-state index in [-0.39, 0.29) is 49.4 Å². The molecule has 0 aliphatic carbocycles. The van der Waals surface area contributed by atoms with Crippen molar-refractivity contribution in [1.29, 1.82) is 0 Å². The van der Waals surface area contributed by atoms with Gasteiger partial charge >= 0.3 is 0 Å². The lowest BCUT2D eigenvalue weighted by Crippen LogP contribution is -2.62. The molecule has 212 valence electrons. The van der Waals surface area contributed by atoms with E-state index in [9.17, 15) is 28.3 Å². The van der Waals surface area contributed by atoms with Crippen LogP contribution >= 0.6 is 0 Å². The first kappa shape index (κ1) is 30.2. The van der Waals surface area contributed by atoms with Gasteiger partial charge in [0.1, 0.15) is 30.8 Å². The molecule has 3 atom stereocenters. The third kappa shape index (κ3) is 8.31. The highest BCUT2D eigenvalue weighted by atomic mass is 19.1. The van der Waals surface area contributed by atoms with Crippen LogP contribution in [0.4, 0.5) is 8.78 Å². The van der Waals surface area contributed by atoms with Crippen LogP contribution in [-0.4, -0.2) is 77.5 Å². The summed E-state index contributed by atoms with van der Waals surface area (Å²) in [4.78, 5) is 41.0. The van der Waals surface area contributed by atoms with Crippen LogP contribution in [0, 0.1) is 17.6 Å². The molecule has 0 bridgehead atoms. The zero-order valence-corrected chi connectivity index (χ0v) is 22.9. The van der Waals surface area contributed by atoms with E-state index in [1.807, 2.05) is 32.0 Å². The number of aliphatic hydroxyl groups excluding tert-OH is 1. The molecule has 3 unspecified atom stereocenters. The van der Waals surface area contributed by atoms with Crippen LogP contribution in [0.2, 0.25) is 0 Å². The van der Waals surface area contributed by atoms with Gasteiger partial charge in [0, 0.05) is 26.2 Å². The monoisotopic (exact) mass is 544 g/mol. The number of amides is 3. The molecule has 10 heteroatoms. The second-order valence-electron chi connectivity index (χ2n) is 10.4. The number of hydrogen-bond donors (Lipinski definition) is 3. The van der Waals surface area contributed by atoms with Crippen molar-refractivity contribution < 1.29 is 28.3 Å². The zero-order chi connectivity index (χ0) is 28.7. The van der Waals surface area contributed by atoms with Crippen molar-refractivity contribution in [2.24, 2.45) is 5.92 Å². The molecule has 1 aliphatic rings. The van der Waals surface area contributed by atoms with Crippen LogP contribution in [0.1, 0.15) is 37.5 Å². The summed E-state index contributed by atoms with van der Waals surface area (Å²) in [6.07, 6.45) is -0.254. The summed E-state index contributed by atoms with van der Waals surface area (Å²) in [5.74, 6) is -2.86. The molecule has 0 aromatic heterocycles. The van der Waals surface area contributed by atoms with Gasteiger partial charge in [0.25, 0.3) is 0 Å². The maximum absolute atomic E-state index is 13.8. The minimum Gasteiger partial charge on any atom is -0.390 e.